The summed E-state index contributed by atoms with van der Waals surface area (Å²) < 4.78 is 7.67. The summed E-state index contributed by atoms with van der Waals surface area (Å²) in [7, 11) is 0. The zero-order chi connectivity index (χ0) is 20.9. The molecule has 2 aromatic carbocycles. The van der Waals surface area contributed by atoms with Gasteiger partial charge in [0.15, 0.2) is 11.0 Å². The van der Waals surface area contributed by atoms with Gasteiger partial charge in [0.05, 0.1) is 10.7 Å². The Kier molecular flexibility index (Phi) is 5.66. The number of hydrogen-bond donors (Lipinski definition) is 0. The molecule has 2 aromatic heterocycles. The van der Waals surface area contributed by atoms with Crippen LogP contribution in [-0.4, -0.2) is 29.9 Å². The molecule has 0 aliphatic rings. The molecule has 0 atom stereocenters. The van der Waals surface area contributed by atoms with Crippen LogP contribution in [0.1, 0.15) is 5.89 Å². The lowest BCUT2D eigenvalue weighted by molar-refractivity contribution is -0.384. The smallest absolute Gasteiger partial charge is 0.269 e. The Labute approximate surface area is 175 Å². The second kappa shape index (κ2) is 8.70. The molecule has 2 heterocycles. The molecule has 0 bridgehead atoms. The van der Waals surface area contributed by atoms with E-state index in [0.717, 1.165) is 11.4 Å². The van der Waals surface area contributed by atoms with Gasteiger partial charge < -0.3 is 4.42 Å². The van der Waals surface area contributed by atoms with Crippen LogP contribution in [-0.2, 0) is 12.3 Å². The normalized spacial score (nSPS) is 10.8. The van der Waals surface area contributed by atoms with Crippen LogP contribution < -0.4 is 0 Å². The monoisotopic (exact) mass is 420 g/mol. The predicted molar refractivity (Wildman–Crippen MR) is 112 cm³/mol. The molecule has 30 heavy (non-hydrogen) atoms. The lowest BCUT2D eigenvalue weighted by Gasteiger charge is -2.06. The first kappa shape index (κ1) is 19.5. The molecule has 9 nitrogen and oxygen atoms in total. The molecular formula is C20H16N6O3S. The Balaban J connectivity index is 1.50. The van der Waals surface area contributed by atoms with E-state index >= 15 is 0 Å². The predicted octanol–water partition coefficient (Wildman–Crippen LogP) is 4.38. The topological polar surface area (TPSA) is 113 Å². The molecule has 0 aliphatic carbocycles. The SMILES string of the molecule is C=CCn1c(SCc2nnc(-c3ccc([N+](=O)[O-])cc3)o2)nnc1-c1ccccc1. The summed E-state index contributed by atoms with van der Waals surface area (Å²) in [6, 6.07) is 15.8. The minimum Gasteiger partial charge on any atom is -0.420 e. The Morgan fingerprint density at radius 3 is 2.50 bits per heavy atom. The maximum atomic E-state index is 10.8. The Morgan fingerprint density at radius 2 is 1.80 bits per heavy atom. The van der Waals surface area contributed by atoms with Crippen molar-refractivity contribution in [1.29, 1.82) is 0 Å². The van der Waals surface area contributed by atoms with Crippen molar-refractivity contribution in [3.05, 3.63) is 83.3 Å². The third kappa shape index (κ3) is 4.13. The van der Waals surface area contributed by atoms with E-state index in [4.69, 9.17) is 4.42 Å². The van der Waals surface area contributed by atoms with E-state index in [-0.39, 0.29) is 5.69 Å². The highest BCUT2D eigenvalue weighted by Crippen LogP contribution is 2.27. The van der Waals surface area contributed by atoms with Crippen molar-refractivity contribution in [2.45, 2.75) is 17.5 Å². The minimum absolute atomic E-state index is 0.00446. The van der Waals surface area contributed by atoms with Crippen molar-refractivity contribution >= 4 is 17.4 Å². The van der Waals surface area contributed by atoms with Gasteiger partial charge in [-0.05, 0) is 12.1 Å². The lowest BCUT2D eigenvalue weighted by Crippen LogP contribution is -2.00. The van der Waals surface area contributed by atoms with Gasteiger partial charge in [0.1, 0.15) is 0 Å². The van der Waals surface area contributed by atoms with E-state index < -0.39 is 4.92 Å². The molecule has 4 rings (SSSR count). The van der Waals surface area contributed by atoms with E-state index in [0.29, 0.717) is 34.8 Å². The van der Waals surface area contributed by atoms with Crippen LogP contribution in [0, 0.1) is 10.1 Å². The number of thioether (sulfide) groups is 1. The van der Waals surface area contributed by atoms with Gasteiger partial charge in [0, 0.05) is 29.8 Å². The number of nitro benzene ring substituents is 1. The van der Waals surface area contributed by atoms with E-state index in [9.17, 15) is 10.1 Å². The average Bonchev–Trinajstić information content (AvgIpc) is 3.40. The Hall–Kier alpha value is -3.79. The number of nitro groups is 1. The van der Waals surface area contributed by atoms with Gasteiger partial charge in [-0.3, -0.25) is 14.7 Å². The zero-order valence-corrected chi connectivity index (χ0v) is 16.5. The van der Waals surface area contributed by atoms with Crippen molar-refractivity contribution in [2.75, 3.05) is 0 Å². The third-order valence-electron chi connectivity index (χ3n) is 4.18. The molecular weight excluding hydrogens is 404 g/mol. The van der Waals surface area contributed by atoms with Crippen LogP contribution in [0.2, 0.25) is 0 Å². The first-order valence-corrected chi connectivity index (χ1v) is 9.94. The van der Waals surface area contributed by atoms with Crippen LogP contribution >= 0.6 is 11.8 Å². The molecule has 4 aromatic rings. The van der Waals surface area contributed by atoms with E-state index in [1.807, 2.05) is 34.9 Å². The van der Waals surface area contributed by atoms with Gasteiger partial charge in [-0.2, -0.15) is 0 Å². The largest absolute Gasteiger partial charge is 0.420 e. The number of nitrogens with zero attached hydrogens (tertiary/aromatic N) is 6. The van der Waals surface area contributed by atoms with E-state index in [2.05, 4.69) is 27.0 Å². The third-order valence-corrected chi connectivity index (χ3v) is 5.13. The Bertz CT molecular complexity index is 1170. The van der Waals surface area contributed by atoms with Crippen LogP contribution in [0.15, 0.2) is 76.8 Å². The van der Waals surface area contributed by atoms with Gasteiger partial charge in [-0.25, -0.2) is 0 Å². The summed E-state index contributed by atoms with van der Waals surface area (Å²) in [6.07, 6.45) is 1.79. The van der Waals surface area contributed by atoms with Crippen LogP contribution in [0.4, 0.5) is 5.69 Å². The fourth-order valence-corrected chi connectivity index (χ4v) is 3.56. The Morgan fingerprint density at radius 1 is 1.03 bits per heavy atom. The molecule has 0 spiro atoms. The summed E-state index contributed by atoms with van der Waals surface area (Å²) >= 11 is 1.43. The van der Waals surface area contributed by atoms with Crippen molar-refractivity contribution in [3.8, 4) is 22.8 Å². The van der Waals surface area contributed by atoms with Crippen molar-refractivity contribution in [2.24, 2.45) is 0 Å². The van der Waals surface area contributed by atoms with Crippen molar-refractivity contribution in [3.63, 3.8) is 0 Å². The number of allylic oxidation sites excluding steroid dienone is 1. The number of rotatable bonds is 8. The van der Waals surface area contributed by atoms with Gasteiger partial charge >= 0.3 is 0 Å². The van der Waals surface area contributed by atoms with Crippen LogP contribution in [0.3, 0.4) is 0 Å². The standard InChI is InChI=1S/C20H16N6O3S/c1-2-12-25-18(14-6-4-3-5-7-14)22-24-20(25)30-13-17-21-23-19(29-17)15-8-10-16(11-9-15)26(27)28/h2-11H,1,12-13H2. The number of non-ortho nitro benzene ring substituents is 1. The van der Waals surface area contributed by atoms with Gasteiger partial charge in [-0.15, -0.1) is 27.0 Å². The highest BCUT2D eigenvalue weighted by atomic mass is 32.2. The summed E-state index contributed by atoms with van der Waals surface area (Å²) in [5.74, 6) is 1.89. The minimum atomic E-state index is -0.456. The van der Waals surface area contributed by atoms with E-state index in [1.54, 1.807) is 18.2 Å². The number of benzene rings is 2. The van der Waals surface area contributed by atoms with Crippen LogP contribution in [0.25, 0.3) is 22.8 Å². The maximum absolute atomic E-state index is 10.8. The number of hydrogen-bond acceptors (Lipinski definition) is 8. The molecule has 0 amide bonds. The first-order valence-electron chi connectivity index (χ1n) is 8.95. The fourth-order valence-electron chi connectivity index (χ4n) is 2.77. The lowest BCUT2D eigenvalue weighted by atomic mass is 10.2. The molecule has 0 unspecified atom stereocenters. The molecule has 0 radical (unpaired) electrons. The quantitative estimate of drug-likeness (QED) is 0.179. The average molecular weight is 420 g/mol. The number of aromatic nitrogens is 5. The van der Waals surface area contributed by atoms with Crippen molar-refractivity contribution in [1.82, 2.24) is 25.0 Å². The second-order valence-electron chi connectivity index (χ2n) is 6.17. The van der Waals surface area contributed by atoms with Gasteiger partial charge in [-0.1, -0.05) is 48.2 Å². The van der Waals surface area contributed by atoms with Crippen molar-refractivity contribution < 1.29 is 9.34 Å². The highest BCUT2D eigenvalue weighted by Gasteiger charge is 2.16. The summed E-state index contributed by atoms with van der Waals surface area (Å²) in [4.78, 5) is 10.3. The molecule has 0 aliphatic heterocycles. The van der Waals surface area contributed by atoms with Gasteiger partial charge in [0.25, 0.3) is 5.69 Å². The van der Waals surface area contributed by atoms with Crippen LogP contribution in [0.5, 0.6) is 0 Å². The molecule has 0 fully saturated rings. The summed E-state index contributed by atoms with van der Waals surface area (Å²) in [5, 5.41) is 28.2. The fraction of sp³-hybridized carbons (Fsp3) is 0.100. The summed E-state index contributed by atoms with van der Waals surface area (Å²) in [5.41, 5.74) is 1.59. The zero-order valence-electron chi connectivity index (χ0n) is 15.7. The van der Waals surface area contributed by atoms with E-state index in [1.165, 1.54) is 23.9 Å². The second-order valence-corrected chi connectivity index (χ2v) is 7.11. The first-order chi connectivity index (χ1) is 14.7. The molecule has 0 saturated heterocycles. The highest BCUT2D eigenvalue weighted by molar-refractivity contribution is 7.98. The summed E-state index contributed by atoms with van der Waals surface area (Å²) in [6.45, 7) is 4.38. The molecule has 0 N–H and O–H groups in total. The molecule has 10 heteroatoms. The molecule has 150 valence electrons. The maximum Gasteiger partial charge on any atom is 0.269 e. The molecule has 0 saturated carbocycles. The van der Waals surface area contributed by atoms with Gasteiger partial charge in [0.2, 0.25) is 11.8 Å².